The van der Waals surface area contributed by atoms with E-state index in [0.717, 1.165) is 10.9 Å². The van der Waals surface area contributed by atoms with Gasteiger partial charge in [-0.3, -0.25) is 0 Å². The third-order valence-electron chi connectivity index (χ3n) is 3.64. The van der Waals surface area contributed by atoms with Crippen LogP contribution in [0.4, 0.5) is 11.6 Å². The summed E-state index contributed by atoms with van der Waals surface area (Å²) in [6.45, 7) is 0. The number of carboxylic acid groups (broad SMARTS) is 1. The van der Waals surface area contributed by atoms with Crippen molar-refractivity contribution < 1.29 is 9.90 Å². The number of benzene rings is 1. The van der Waals surface area contributed by atoms with E-state index in [-0.39, 0.29) is 11.4 Å². The molecule has 0 unspecified atom stereocenters. The standard InChI is InChI=1S/C16H12N6O2S2/c1-25-16-17-6-10(15(23)24)13(20-16)19-14-9-4-2-3-5-11(9)22(21-14)12-7-26-8-18-12/h2-8H,1H3,(H,23,24)(H,17,19,20,21). The number of thioether (sulfide) groups is 1. The second kappa shape index (κ2) is 6.73. The van der Waals surface area contributed by atoms with E-state index in [2.05, 4.69) is 25.4 Å². The Morgan fingerprint density at radius 3 is 2.85 bits per heavy atom. The number of nitrogens with one attached hydrogen (secondary N) is 1. The molecule has 0 saturated carbocycles. The molecule has 3 heterocycles. The van der Waals surface area contributed by atoms with Gasteiger partial charge in [-0.25, -0.2) is 24.4 Å². The molecule has 0 aliphatic carbocycles. The van der Waals surface area contributed by atoms with Crippen molar-refractivity contribution >= 4 is 51.6 Å². The van der Waals surface area contributed by atoms with Crippen molar-refractivity contribution in [2.75, 3.05) is 11.6 Å². The Hall–Kier alpha value is -2.98. The van der Waals surface area contributed by atoms with Crippen LogP contribution in [-0.4, -0.2) is 42.1 Å². The Bertz CT molecular complexity index is 1090. The molecule has 10 heteroatoms. The van der Waals surface area contributed by atoms with Gasteiger partial charge in [0.1, 0.15) is 5.56 Å². The predicted octanol–water partition coefficient (Wildman–Crippen LogP) is 3.44. The first-order valence-electron chi connectivity index (χ1n) is 7.45. The van der Waals surface area contributed by atoms with Gasteiger partial charge in [-0.2, -0.15) is 0 Å². The lowest BCUT2D eigenvalue weighted by atomic mass is 10.2. The Kier molecular flexibility index (Phi) is 4.27. The first-order valence-corrected chi connectivity index (χ1v) is 9.62. The summed E-state index contributed by atoms with van der Waals surface area (Å²) in [7, 11) is 0. The summed E-state index contributed by atoms with van der Waals surface area (Å²) in [5, 5.41) is 20.2. The number of thiazole rings is 1. The number of fused-ring (bicyclic) bond motifs is 1. The van der Waals surface area contributed by atoms with Gasteiger partial charge in [-0.1, -0.05) is 23.9 Å². The number of para-hydroxylation sites is 1. The van der Waals surface area contributed by atoms with Crippen molar-refractivity contribution in [3.8, 4) is 5.82 Å². The lowest BCUT2D eigenvalue weighted by molar-refractivity contribution is 0.0697. The van der Waals surface area contributed by atoms with E-state index in [0.29, 0.717) is 16.8 Å². The molecule has 2 N–H and O–H groups in total. The molecule has 0 fully saturated rings. The first kappa shape index (κ1) is 16.5. The maximum Gasteiger partial charge on any atom is 0.341 e. The van der Waals surface area contributed by atoms with Gasteiger partial charge in [0.2, 0.25) is 0 Å². The average molecular weight is 384 g/mol. The van der Waals surface area contributed by atoms with E-state index >= 15 is 0 Å². The smallest absolute Gasteiger partial charge is 0.341 e. The van der Waals surface area contributed by atoms with Crippen LogP contribution >= 0.6 is 23.1 Å². The van der Waals surface area contributed by atoms with E-state index in [4.69, 9.17) is 0 Å². The molecule has 8 nitrogen and oxygen atoms in total. The van der Waals surface area contributed by atoms with Crippen molar-refractivity contribution in [3.63, 3.8) is 0 Å². The van der Waals surface area contributed by atoms with Gasteiger partial charge in [0.15, 0.2) is 22.6 Å². The van der Waals surface area contributed by atoms with E-state index in [1.54, 1.807) is 10.2 Å². The third-order valence-corrected chi connectivity index (χ3v) is 4.78. The van der Waals surface area contributed by atoms with Gasteiger partial charge in [0, 0.05) is 17.0 Å². The zero-order valence-electron chi connectivity index (χ0n) is 13.4. The highest BCUT2D eigenvalue weighted by molar-refractivity contribution is 7.98. The van der Waals surface area contributed by atoms with Crippen molar-refractivity contribution in [3.05, 3.63) is 46.9 Å². The summed E-state index contributed by atoms with van der Waals surface area (Å²) in [6, 6.07) is 7.64. The fraction of sp³-hybridized carbons (Fsp3) is 0.0625. The molecule has 4 aromatic rings. The van der Waals surface area contributed by atoms with Crippen LogP contribution in [0.25, 0.3) is 16.7 Å². The summed E-state index contributed by atoms with van der Waals surface area (Å²) in [5.74, 6) is 0.293. The molecule has 3 aromatic heterocycles. The zero-order chi connectivity index (χ0) is 18.1. The average Bonchev–Trinajstić information content (AvgIpc) is 3.30. The van der Waals surface area contributed by atoms with E-state index in [9.17, 15) is 9.90 Å². The molecule has 0 aliphatic rings. The summed E-state index contributed by atoms with van der Waals surface area (Å²) in [6.07, 6.45) is 3.12. The number of nitrogens with zero attached hydrogens (tertiary/aromatic N) is 5. The number of rotatable bonds is 5. The largest absolute Gasteiger partial charge is 0.477 e. The highest BCUT2D eigenvalue weighted by Crippen LogP contribution is 2.29. The molecule has 130 valence electrons. The van der Waals surface area contributed by atoms with Crippen molar-refractivity contribution in [2.24, 2.45) is 0 Å². The molecule has 0 bridgehead atoms. The molecule has 0 radical (unpaired) electrons. The lowest BCUT2D eigenvalue weighted by Crippen LogP contribution is -2.07. The highest BCUT2D eigenvalue weighted by atomic mass is 32.2. The minimum Gasteiger partial charge on any atom is -0.477 e. The molecule has 1 aromatic carbocycles. The van der Waals surface area contributed by atoms with Crippen molar-refractivity contribution in [1.29, 1.82) is 0 Å². The van der Waals surface area contributed by atoms with Crippen LogP contribution in [-0.2, 0) is 0 Å². The predicted molar refractivity (Wildman–Crippen MR) is 101 cm³/mol. The van der Waals surface area contributed by atoms with Crippen LogP contribution in [0.15, 0.2) is 46.5 Å². The molecule has 0 saturated heterocycles. The van der Waals surface area contributed by atoms with E-state index < -0.39 is 5.97 Å². The molecule has 0 aliphatic heterocycles. The van der Waals surface area contributed by atoms with Gasteiger partial charge in [-0.05, 0) is 18.4 Å². The minimum atomic E-state index is -1.11. The maximum absolute atomic E-state index is 11.5. The molecule has 0 amide bonds. The Labute approximate surface area is 155 Å². The van der Waals surface area contributed by atoms with E-state index in [1.165, 1.54) is 29.3 Å². The number of hydrogen-bond donors (Lipinski definition) is 2. The molecule has 0 atom stereocenters. The van der Waals surface area contributed by atoms with Crippen LogP contribution in [0.1, 0.15) is 10.4 Å². The van der Waals surface area contributed by atoms with Crippen LogP contribution in [0.2, 0.25) is 0 Å². The summed E-state index contributed by atoms with van der Waals surface area (Å²) in [4.78, 5) is 24.1. The lowest BCUT2D eigenvalue weighted by Gasteiger charge is -2.07. The Balaban J connectivity index is 1.85. The van der Waals surface area contributed by atoms with Gasteiger partial charge in [0.05, 0.1) is 11.0 Å². The van der Waals surface area contributed by atoms with Gasteiger partial charge < -0.3 is 10.4 Å². The summed E-state index contributed by atoms with van der Waals surface area (Å²) < 4.78 is 1.71. The SMILES string of the molecule is CSc1ncc(C(=O)O)c(Nc2nn(-c3cscn3)c3ccccc23)n1. The van der Waals surface area contributed by atoms with Crippen LogP contribution in [0.3, 0.4) is 0 Å². The van der Waals surface area contributed by atoms with Gasteiger partial charge in [-0.15, -0.1) is 16.4 Å². The first-order chi connectivity index (χ1) is 12.7. The minimum absolute atomic E-state index is 0.0184. The normalized spacial score (nSPS) is 11.0. The second-order valence-electron chi connectivity index (χ2n) is 5.17. The molecule has 4 rings (SSSR count). The second-order valence-corrected chi connectivity index (χ2v) is 6.67. The Morgan fingerprint density at radius 2 is 2.12 bits per heavy atom. The number of anilines is 2. The molecular weight excluding hydrogens is 372 g/mol. The molecular formula is C16H12N6O2S2. The fourth-order valence-corrected chi connectivity index (χ4v) is 3.32. The molecule has 0 spiro atoms. The molecule has 26 heavy (non-hydrogen) atoms. The van der Waals surface area contributed by atoms with Gasteiger partial charge in [0.25, 0.3) is 0 Å². The number of aromatic carboxylic acids is 1. The van der Waals surface area contributed by atoms with Crippen LogP contribution in [0, 0.1) is 0 Å². The summed E-state index contributed by atoms with van der Waals surface area (Å²) in [5.41, 5.74) is 2.57. The van der Waals surface area contributed by atoms with Crippen LogP contribution < -0.4 is 5.32 Å². The number of hydrogen-bond acceptors (Lipinski definition) is 8. The fourth-order valence-electron chi connectivity index (χ4n) is 2.47. The maximum atomic E-state index is 11.5. The quantitative estimate of drug-likeness (QED) is 0.398. The zero-order valence-corrected chi connectivity index (χ0v) is 15.1. The Morgan fingerprint density at radius 1 is 1.27 bits per heavy atom. The van der Waals surface area contributed by atoms with Crippen molar-refractivity contribution in [2.45, 2.75) is 5.16 Å². The van der Waals surface area contributed by atoms with Gasteiger partial charge >= 0.3 is 5.97 Å². The van der Waals surface area contributed by atoms with Crippen LogP contribution in [0.5, 0.6) is 0 Å². The summed E-state index contributed by atoms with van der Waals surface area (Å²) >= 11 is 2.81. The number of carboxylic acids is 1. The number of carbonyl (C=O) groups is 1. The monoisotopic (exact) mass is 384 g/mol. The van der Waals surface area contributed by atoms with Crippen molar-refractivity contribution in [1.82, 2.24) is 24.7 Å². The van der Waals surface area contributed by atoms with E-state index in [1.807, 2.05) is 35.9 Å². The number of aromatic nitrogens is 5. The highest BCUT2D eigenvalue weighted by Gasteiger charge is 2.18. The topological polar surface area (TPSA) is 106 Å². The third kappa shape index (κ3) is 2.89.